The minimum absolute atomic E-state index is 0.217. The molecule has 0 unspecified atom stereocenters. The van der Waals surface area contributed by atoms with Gasteiger partial charge in [0.2, 0.25) is 5.91 Å². The van der Waals surface area contributed by atoms with Gasteiger partial charge in [0, 0.05) is 13.3 Å². The Labute approximate surface area is 76.7 Å². The molecule has 1 aliphatic heterocycles. The zero-order valence-corrected chi connectivity index (χ0v) is 7.73. The van der Waals surface area contributed by atoms with Crippen LogP contribution in [0.5, 0.6) is 0 Å². The van der Waals surface area contributed by atoms with Gasteiger partial charge in [0.25, 0.3) is 0 Å². The fraction of sp³-hybridized carbons (Fsp3) is 0.875. The number of carbonyl (C=O) groups excluding carboxylic acids is 1. The van der Waals surface area contributed by atoms with Gasteiger partial charge in [-0.15, -0.1) is 0 Å². The molecular formula is C8H15NO4. The molecule has 76 valence electrons. The topological polar surface area (TPSA) is 78.8 Å². The normalized spacial score (nSPS) is 40.0. The van der Waals surface area contributed by atoms with Crippen LogP contribution in [0, 0.1) is 0 Å². The Hall–Kier alpha value is -0.650. The quantitative estimate of drug-likeness (QED) is 0.493. The van der Waals surface area contributed by atoms with E-state index in [4.69, 9.17) is 4.74 Å². The van der Waals surface area contributed by atoms with Gasteiger partial charge in [-0.3, -0.25) is 4.79 Å². The SMILES string of the molecule is CC(=O)N[C@@H]1C[C@H](O)O[C@H](C)[C@@H]1O. The number of hydrogen-bond donors (Lipinski definition) is 3. The third-order valence-corrected chi connectivity index (χ3v) is 2.11. The fourth-order valence-corrected chi connectivity index (χ4v) is 1.47. The molecule has 0 bridgehead atoms. The van der Waals surface area contributed by atoms with Gasteiger partial charge >= 0.3 is 0 Å². The number of aliphatic hydroxyl groups is 2. The standard InChI is InChI=1S/C8H15NO4/c1-4-8(12)6(9-5(2)10)3-7(11)13-4/h4,6-8,11-12H,3H2,1-2H3,(H,9,10)/t4-,6-,7-,8+/m1/s1. The Balaban J connectivity index is 2.55. The molecule has 3 N–H and O–H groups in total. The molecule has 0 radical (unpaired) electrons. The van der Waals surface area contributed by atoms with Crippen molar-refractivity contribution in [3.63, 3.8) is 0 Å². The second-order valence-electron chi connectivity index (χ2n) is 3.33. The van der Waals surface area contributed by atoms with Gasteiger partial charge in [-0.25, -0.2) is 0 Å². The van der Waals surface area contributed by atoms with Gasteiger partial charge in [0.15, 0.2) is 6.29 Å². The highest BCUT2D eigenvalue weighted by atomic mass is 16.6. The van der Waals surface area contributed by atoms with Crippen molar-refractivity contribution in [3.8, 4) is 0 Å². The van der Waals surface area contributed by atoms with Crippen molar-refractivity contribution in [2.45, 2.75) is 44.8 Å². The lowest BCUT2D eigenvalue weighted by Crippen LogP contribution is -2.54. The van der Waals surface area contributed by atoms with Gasteiger partial charge in [0.1, 0.15) is 6.10 Å². The second kappa shape index (κ2) is 4.04. The van der Waals surface area contributed by atoms with E-state index in [1.807, 2.05) is 0 Å². The molecule has 1 rings (SSSR count). The van der Waals surface area contributed by atoms with Crippen LogP contribution in [0.2, 0.25) is 0 Å². The Morgan fingerprint density at radius 3 is 2.69 bits per heavy atom. The summed E-state index contributed by atoms with van der Waals surface area (Å²) in [6.07, 6.45) is -1.89. The van der Waals surface area contributed by atoms with Gasteiger partial charge in [0.05, 0.1) is 12.1 Å². The third-order valence-electron chi connectivity index (χ3n) is 2.11. The number of ether oxygens (including phenoxy) is 1. The molecule has 0 spiro atoms. The van der Waals surface area contributed by atoms with E-state index in [1.165, 1.54) is 6.92 Å². The Morgan fingerprint density at radius 2 is 2.15 bits per heavy atom. The number of aliphatic hydroxyl groups excluding tert-OH is 2. The predicted molar refractivity (Wildman–Crippen MR) is 44.8 cm³/mol. The molecule has 5 nitrogen and oxygen atoms in total. The molecule has 0 saturated carbocycles. The summed E-state index contributed by atoms with van der Waals surface area (Å²) in [5.41, 5.74) is 0. The summed E-state index contributed by atoms with van der Waals surface area (Å²) >= 11 is 0. The highest BCUT2D eigenvalue weighted by Gasteiger charge is 2.34. The number of rotatable bonds is 1. The maximum atomic E-state index is 10.7. The summed E-state index contributed by atoms with van der Waals surface area (Å²) in [4.78, 5) is 10.7. The molecule has 1 saturated heterocycles. The second-order valence-corrected chi connectivity index (χ2v) is 3.33. The molecule has 13 heavy (non-hydrogen) atoms. The molecule has 5 heteroatoms. The van der Waals surface area contributed by atoms with Crippen molar-refractivity contribution in [3.05, 3.63) is 0 Å². The highest BCUT2D eigenvalue weighted by Crippen LogP contribution is 2.18. The lowest BCUT2D eigenvalue weighted by molar-refractivity contribution is -0.202. The van der Waals surface area contributed by atoms with Crippen LogP contribution >= 0.6 is 0 Å². The first-order chi connectivity index (χ1) is 6.00. The third kappa shape index (κ3) is 2.65. The maximum absolute atomic E-state index is 10.7. The number of amides is 1. The lowest BCUT2D eigenvalue weighted by Gasteiger charge is -2.35. The van der Waals surface area contributed by atoms with E-state index >= 15 is 0 Å². The van der Waals surface area contributed by atoms with E-state index in [0.29, 0.717) is 0 Å². The van der Waals surface area contributed by atoms with E-state index in [2.05, 4.69) is 5.32 Å². The zero-order valence-electron chi connectivity index (χ0n) is 7.73. The number of carbonyl (C=O) groups is 1. The molecule has 0 aliphatic carbocycles. The first-order valence-corrected chi connectivity index (χ1v) is 4.29. The highest BCUT2D eigenvalue weighted by molar-refractivity contribution is 5.73. The van der Waals surface area contributed by atoms with Crippen molar-refractivity contribution in [1.82, 2.24) is 5.32 Å². The Bertz CT molecular complexity index is 197. The van der Waals surface area contributed by atoms with E-state index < -0.39 is 24.5 Å². The van der Waals surface area contributed by atoms with Crippen LogP contribution in [-0.4, -0.2) is 40.7 Å². The smallest absolute Gasteiger partial charge is 0.217 e. The van der Waals surface area contributed by atoms with Crippen LogP contribution in [0.1, 0.15) is 20.3 Å². The molecule has 4 atom stereocenters. The van der Waals surface area contributed by atoms with Crippen LogP contribution in [0.15, 0.2) is 0 Å². The predicted octanol–water partition coefficient (Wildman–Crippen LogP) is -1.02. The van der Waals surface area contributed by atoms with Gasteiger partial charge in [-0.1, -0.05) is 0 Å². The first kappa shape index (κ1) is 10.4. The average molecular weight is 189 g/mol. The molecule has 1 heterocycles. The monoisotopic (exact) mass is 189 g/mol. The van der Waals surface area contributed by atoms with E-state index in [0.717, 1.165) is 0 Å². The maximum Gasteiger partial charge on any atom is 0.217 e. The fourth-order valence-electron chi connectivity index (χ4n) is 1.47. The Kier molecular flexibility index (Phi) is 3.24. The minimum Gasteiger partial charge on any atom is -0.388 e. The van der Waals surface area contributed by atoms with Crippen LogP contribution < -0.4 is 5.32 Å². The summed E-state index contributed by atoms with van der Waals surface area (Å²) in [5, 5.41) is 21.3. The number of nitrogens with one attached hydrogen (secondary N) is 1. The van der Waals surface area contributed by atoms with E-state index in [9.17, 15) is 15.0 Å². The molecule has 0 aromatic rings. The molecule has 0 aromatic heterocycles. The van der Waals surface area contributed by atoms with Crippen LogP contribution in [0.25, 0.3) is 0 Å². The summed E-state index contributed by atoms with van der Waals surface area (Å²) in [6, 6.07) is -0.420. The molecule has 1 fully saturated rings. The van der Waals surface area contributed by atoms with Crippen molar-refractivity contribution < 1.29 is 19.7 Å². The van der Waals surface area contributed by atoms with E-state index in [1.54, 1.807) is 6.92 Å². The van der Waals surface area contributed by atoms with Gasteiger partial charge in [-0.2, -0.15) is 0 Å². The molecule has 1 aliphatic rings. The summed E-state index contributed by atoms with van der Waals surface area (Å²) in [7, 11) is 0. The first-order valence-electron chi connectivity index (χ1n) is 4.29. The Morgan fingerprint density at radius 1 is 1.54 bits per heavy atom. The van der Waals surface area contributed by atoms with E-state index in [-0.39, 0.29) is 12.3 Å². The van der Waals surface area contributed by atoms with Gasteiger partial charge in [-0.05, 0) is 6.92 Å². The molecule has 1 amide bonds. The van der Waals surface area contributed by atoms with Crippen LogP contribution in [0.3, 0.4) is 0 Å². The van der Waals surface area contributed by atoms with Crippen molar-refractivity contribution in [2.24, 2.45) is 0 Å². The summed E-state index contributed by atoms with van der Waals surface area (Å²) < 4.78 is 4.96. The minimum atomic E-state index is -0.907. The molecular weight excluding hydrogens is 174 g/mol. The zero-order chi connectivity index (χ0) is 10.0. The van der Waals surface area contributed by atoms with Gasteiger partial charge < -0.3 is 20.3 Å². The summed E-state index contributed by atoms with van der Waals surface area (Å²) in [6.45, 7) is 3.03. The van der Waals surface area contributed by atoms with Crippen LogP contribution in [-0.2, 0) is 9.53 Å². The number of hydrogen-bond acceptors (Lipinski definition) is 4. The largest absolute Gasteiger partial charge is 0.388 e. The lowest BCUT2D eigenvalue weighted by atomic mass is 10.00. The van der Waals surface area contributed by atoms with Crippen molar-refractivity contribution >= 4 is 5.91 Å². The van der Waals surface area contributed by atoms with Crippen molar-refractivity contribution in [1.29, 1.82) is 0 Å². The van der Waals surface area contributed by atoms with Crippen molar-refractivity contribution in [2.75, 3.05) is 0 Å². The van der Waals surface area contributed by atoms with Crippen LogP contribution in [0.4, 0.5) is 0 Å². The summed E-state index contributed by atoms with van der Waals surface area (Å²) in [5.74, 6) is -0.217. The molecule has 0 aromatic carbocycles. The average Bonchev–Trinajstić information content (AvgIpc) is 1.98.